The van der Waals surface area contributed by atoms with E-state index in [1.165, 1.54) is 58.7 Å². The van der Waals surface area contributed by atoms with Gasteiger partial charge in [-0.05, 0) is 510 Å². The van der Waals surface area contributed by atoms with Crippen molar-refractivity contribution in [3.05, 3.63) is 491 Å². The second-order valence-corrected chi connectivity index (χ2v) is 50.5. The molecule has 0 saturated carbocycles. The first-order valence-corrected chi connectivity index (χ1v) is 58.5. The number of phenolic OH excluding ortho intramolecular Hbond substituents is 1. The average Bonchev–Trinajstić information content (AvgIpc) is 0.763. The Balaban J connectivity index is 0.000000152. The van der Waals surface area contributed by atoms with Gasteiger partial charge in [0.15, 0.2) is 58.7 Å². The van der Waals surface area contributed by atoms with Crippen molar-refractivity contribution in [1.82, 2.24) is 0 Å². The summed E-state index contributed by atoms with van der Waals surface area (Å²) < 4.78 is 33.2. The van der Waals surface area contributed by atoms with E-state index in [0.717, 1.165) is 54.4 Å². The Morgan fingerprint density at radius 2 is 0.563 bits per heavy atom. The number of hydrogen-bond donors (Lipinski definition) is 1. The molecule has 0 amide bonds. The van der Waals surface area contributed by atoms with E-state index in [9.17, 15) is 24.3 Å². The van der Waals surface area contributed by atoms with Crippen LogP contribution in [-0.4, -0.2) is 29.0 Å². The van der Waals surface area contributed by atoms with Gasteiger partial charge in [-0.1, -0.05) is 190 Å². The standard InChI is InChI=1S/C28H22I3O2S.C28H20I3O2S.C28H22I2O3S.C27H18I3O2S/c2*1-2-25(33-28(32)26-23(29)17-18-24(30)27(26)31)19-13-15-22(16-14-19)34(20-9-5-3-6-10-20)21-11-7-4-8-12-21;1-28(2,33-27(32)25-23(29)17-18-24(30)26(25)31)19-13-15-22(16-14-19)34(20-9-5-3-6-10-20)21-11-7-4-8-12-21;1-18(32-27(31)25-23(28)16-17-24(29)26(25)30)19-12-14-22(15-13-19)33(20-8-4-2-5-9-20)21-10-6-3-7-11-21/h3-18,25H,2H2,1H3;2-18,25H,1H2;3-18H,1-2H3;2-17H,1H2/q2*+1;;+1/p+1. The second kappa shape index (κ2) is 52.2. The highest BCUT2D eigenvalue weighted by Crippen LogP contribution is 2.41. The van der Waals surface area contributed by atoms with Crippen molar-refractivity contribution in [3.63, 3.8) is 0 Å². The molecule has 16 aromatic carbocycles. The van der Waals surface area contributed by atoms with E-state index in [2.05, 4.69) is 490 Å². The molecular weight excluding hydrogens is 3000 g/mol. The number of benzene rings is 16. The summed E-state index contributed by atoms with van der Waals surface area (Å²) >= 11 is 23.9. The minimum atomic E-state index is -0.871. The second-order valence-electron chi connectivity index (χ2n) is 29.9. The first-order valence-electron chi connectivity index (χ1n) is 41.8. The zero-order chi connectivity index (χ0) is 95.8. The molecule has 0 heterocycles. The molecule has 9 nitrogen and oxygen atoms in total. The number of carbonyl (C=O) groups excluding carboxylic acids is 4. The Morgan fingerprint density at radius 1 is 0.311 bits per heavy atom. The molecular formula is C111H83I11O9S4+4. The summed E-state index contributed by atoms with van der Waals surface area (Å²) in [6.45, 7) is 13.7. The van der Waals surface area contributed by atoms with Crippen molar-refractivity contribution in [3.8, 4) is 5.75 Å². The molecule has 16 aromatic rings. The van der Waals surface area contributed by atoms with E-state index in [1.807, 2.05) is 168 Å². The fraction of sp³-hybridized carbons (Fsp3) is 0.0631. The SMILES string of the molecule is C=C(OC(=O)c1c(I)ccc(I)c1I)c1ccc([S+](c2ccccc2)c2ccccc2)cc1.C=CC(OC(=O)c1c(I)ccc(I)c1I)c1ccc([S+](c2ccccc2)c2ccccc2)cc1.CC(C)(OC(=O)c1c(I)ccc(I)c1O)c1ccc([S+](c2ccccc2)c2ccccc2)cc1.CCC(OC(=O)c1c(I)ccc(I)c1I)c1ccc([S+](c2ccccc2)c2ccccc2)cc1. The molecule has 0 aliphatic rings. The molecule has 0 aromatic heterocycles. The van der Waals surface area contributed by atoms with Crippen LogP contribution in [0.1, 0.15) is 103 Å². The van der Waals surface area contributed by atoms with Gasteiger partial charge >= 0.3 is 23.9 Å². The average molecular weight is 3090 g/mol. The van der Waals surface area contributed by atoms with Crippen LogP contribution in [-0.2, 0) is 68.1 Å². The minimum absolute atomic E-state index is 0.0431. The molecule has 0 saturated heterocycles. The van der Waals surface area contributed by atoms with Crippen molar-refractivity contribution in [2.75, 3.05) is 0 Å². The van der Waals surface area contributed by atoms with Crippen LogP contribution in [0.3, 0.4) is 0 Å². The van der Waals surface area contributed by atoms with Gasteiger partial charge < -0.3 is 24.1 Å². The van der Waals surface area contributed by atoms with Crippen molar-refractivity contribution >= 4 is 322 Å². The third kappa shape index (κ3) is 28.1. The Labute approximate surface area is 951 Å². The van der Waals surface area contributed by atoms with Gasteiger partial charge in [0.05, 0.1) is 63.8 Å². The predicted octanol–water partition coefficient (Wildman–Crippen LogP) is 33.8. The lowest BCUT2D eigenvalue weighted by molar-refractivity contribution is -0.00363. The molecule has 0 radical (unpaired) electrons. The van der Waals surface area contributed by atoms with E-state index in [-0.39, 0.29) is 78.9 Å². The number of hydrogen-bond acceptors (Lipinski definition) is 9. The number of ether oxygens (including phenoxy) is 4. The van der Waals surface area contributed by atoms with Crippen LogP contribution in [0.2, 0.25) is 0 Å². The van der Waals surface area contributed by atoms with E-state index >= 15 is 0 Å². The van der Waals surface area contributed by atoms with Gasteiger partial charge in [0.25, 0.3) is 0 Å². The van der Waals surface area contributed by atoms with Crippen molar-refractivity contribution in [1.29, 1.82) is 0 Å². The molecule has 0 fully saturated rings. The maximum absolute atomic E-state index is 13.1. The van der Waals surface area contributed by atoms with Gasteiger partial charge in [-0.25, -0.2) is 19.2 Å². The lowest BCUT2D eigenvalue weighted by Gasteiger charge is -2.26. The molecule has 2 atom stereocenters. The smallest absolute Gasteiger partial charge is 0.345 e. The Bertz CT molecular complexity index is 6620. The number of esters is 4. The summed E-state index contributed by atoms with van der Waals surface area (Å²) in [5, 5.41) is 10.4. The quantitative estimate of drug-likeness (QED) is 0.0107. The molecule has 0 spiro atoms. The highest BCUT2D eigenvalue weighted by molar-refractivity contribution is 14.1. The number of phenols is 1. The van der Waals surface area contributed by atoms with Crippen LogP contribution < -0.4 is 0 Å². The van der Waals surface area contributed by atoms with Crippen LogP contribution in [0.4, 0.5) is 0 Å². The molecule has 2 unspecified atom stereocenters. The fourth-order valence-electron chi connectivity index (χ4n) is 13.9. The molecule has 1 N–H and O–H groups in total. The minimum Gasteiger partial charge on any atom is -0.506 e. The zero-order valence-electron chi connectivity index (χ0n) is 72.3. The van der Waals surface area contributed by atoms with Gasteiger partial charge in [0, 0.05) is 41.3 Å². The monoisotopic (exact) mass is 3080 g/mol. The lowest BCUT2D eigenvalue weighted by Crippen LogP contribution is -2.26. The van der Waals surface area contributed by atoms with E-state index in [4.69, 9.17) is 18.9 Å². The summed E-state index contributed by atoms with van der Waals surface area (Å²) in [4.78, 5) is 66.9. The maximum Gasteiger partial charge on any atom is 0.345 e. The van der Waals surface area contributed by atoms with Crippen LogP contribution in [0.25, 0.3) is 5.76 Å². The first kappa shape index (κ1) is 106. The van der Waals surface area contributed by atoms with Crippen molar-refractivity contribution < 1.29 is 43.2 Å². The number of aromatic hydroxyl groups is 1. The normalized spacial score (nSPS) is 11.5. The van der Waals surface area contributed by atoms with E-state index < -0.39 is 17.7 Å². The van der Waals surface area contributed by atoms with Crippen molar-refractivity contribution in [2.45, 2.75) is 104 Å². The third-order valence-electron chi connectivity index (χ3n) is 20.6. The molecule has 24 heteroatoms. The summed E-state index contributed by atoms with van der Waals surface area (Å²) in [7, 11) is -0.889. The Kier molecular flexibility index (Phi) is 41.2. The van der Waals surface area contributed by atoms with Gasteiger partial charge in [0.2, 0.25) is 0 Å². The molecule has 0 aliphatic carbocycles. The third-order valence-corrected chi connectivity index (χ3v) is 43.2. The van der Waals surface area contributed by atoms with Gasteiger partial charge in [-0.3, -0.25) is 0 Å². The number of rotatable bonds is 26. The summed E-state index contributed by atoms with van der Waals surface area (Å²) in [5.41, 5.74) is 4.74. The Hall–Kier alpha value is -5.89. The van der Waals surface area contributed by atoms with Gasteiger partial charge in [0.1, 0.15) is 34.9 Å². The molecule has 135 heavy (non-hydrogen) atoms. The van der Waals surface area contributed by atoms with Crippen LogP contribution in [0.15, 0.2) is 466 Å². The van der Waals surface area contributed by atoms with Crippen LogP contribution in [0.5, 0.6) is 5.75 Å². The van der Waals surface area contributed by atoms with E-state index in [1.54, 1.807) is 18.2 Å². The largest absolute Gasteiger partial charge is 0.506 e. The summed E-state index contributed by atoms with van der Waals surface area (Å²) in [5.74, 6) is -1.23. The Morgan fingerprint density at radius 3 is 0.867 bits per heavy atom. The summed E-state index contributed by atoms with van der Waals surface area (Å²) in [6.07, 6.45) is 1.57. The number of halogens is 11. The molecule has 0 bridgehead atoms. The van der Waals surface area contributed by atoms with E-state index in [0.29, 0.717) is 36.0 Å². The van der Waals surface area contributed by atoms with Gasteiger partial charge in [-0.15, -0.1) is 0 Å². The predicted molar refractivity (Wildman–Crippen MR) is 643 cm³/mol. The van der Waals surface area contributed by atoms with Crippen LogP contribution >= 0.6 is 248 Å². The molecule has 0 aliphatic heterocycles. The topological polar surface area (TPSA) is 125 Å². The number of carbonyl (C=O) groups is 4. The fourth-order valence-corrected chi connectivity index (χ4v) is 30.3. The lowest BCUT2D eigenvalue weighted by atomic mass is 9.98. The molecule has 678 valence electrons. The van der Waals surface area contributed by atoms with Crippen molar-refractivity contribution in [2.24, 2.45) is 0 Å². The zero-order valence-corrected chi connectivity index (χ0v) is 99.3. The van der Waals surface area contributed by atoms with Gasteiger partial charge in [-0.2, -0.15) is 0 Å². The maximum atomic E-state index is 13.1. The molecule has 16 rings (SSSR count). The first-order chi connectivity index (χ1) is 65.2. The van der Waals surface area contributed by atoms with Crippen LogP contribution in [0, 0.1) is 39.3 Å². The highest BCUT2D eigenvalue weighted by Gasteiger charge is 2.36. The highest BCUT2D eigenvalue weighted by atomic mass is 127. The summed E-state index contributed by atoms with van der Waals surface area (Å²) in [6, 6.07) is 133.